The average Bonchev–Trinajstić information content (AvgIpc) is 3.38. The highest BCUT2D eigenvalue weighted by Crippen LogP contribution is 2.50. The van der Waals surface area contributed by atoms with Gasteiger partial charge in [0.1, 0.15) is 0 Å². The summed E-state index contributed by atoms with van der Waals surface area (Å²) in [7, 11) is 0. The van der Waals surface area contributed by atoms with Crippen molar-refractivity contribution in [2.24, 2.45) is 46.8 Å². The van der Waals surface area contributed by atoms with Crippen LogP contribution in [0.3, 0.4) is 0 Å². The summed E-state index contributed by atoms with van der Waals surface area (Å²) in [5.74, 6) is 6.80. The molecular weight excluding hydrogens is 420 g/mol. The molecule has 212 valence electrons. The summed E-state index contributed by atoms with van der Waals surface area (Å²) >= 11 is 0. The molecule has 0 bridgehead atoms. The van der Waals surface area contributed by atoms with Gasteiger partial charge in [-0.2, -0.15) is 0 Å². The average molecular weight is 493 g/mol. The SMILES string of the molecule is C.CCCC(CCCC(C)CC1(C)CC1)C(CC)CC(C)C(C)CC.CCCCC1CCC(C)C1. The van der Waals surface area contributed by atoms with Crippen molar-refractivity contribution in [3.8, 4) is 0 Å². The molecule has 0 radical (unpaired) electrons. The fourth-order valence-corrected chi connectivity index (χ4v) is 6.96. The predicted molar refractivity (Wildman–Crippen MR) is 163 cm³/mol. The molecule has 0 aromatic carbocycles. The van der Waals surface area contributed by atoms with Crippen LogP contribution in [0.25, 0.3) is 0 Å². The minimum atomic E-state index is 0. The molecule has 0 heterocycles. The first-order valence-corrected chi connectivity index (χ1v) is 16.2. The Labute approximate surface area is 225 Å². The second kappa shape index (κ2) is 19.1. The zero-order valence-corrected chi connectivity index (χ0v) is 25.6. The maximum Gasteiger partial charge on any atom is -0.0323 e. The smallest absolute Gasteiger partial charge is 0.0323 e. The van der Waals surface area contributed by atoms with Crippen LogP contribution in [0.15, 0.2) is 0 Å². The molecule has 7 unspecified atom stereocenters. The van der Waals surface area contributed by atoms with Gasteiger partial charge in [0, 0.05) is 0 Å². The quantitative estimate of drug-likeness (QED) is 0.189. The van der Waals surface area contributed by atoms with E-state index in [1.807, 2.05) is 0 Å². The van der Waals surface area contributed by atoms with Gasteiger partial charge in [-0.1, -0.05) is 147 Å². The molecule has 0 amide bonds. The van der Waals surface area contributed by atoms with E-state index in [4.69, 9.17) is 0 Å². The Balaban J connectivity index is 0.000000878. The summed E-state index contributed by atoms with van der Waals surface area (Å²) in [4.78, 5) is 0. The maximum atomic E-state index is 2.50. The standard InChI is InChI=1S/C24H48.C10H20.CH4/c1-8-12-23(22(10-3)17-21(6)20(5)9-2)14-11-13-19(4)18-24(7)15-16-24;1-3-4-5-10-7-6-9(2)8-10;/h19-23H,8-18H2,1-7H3;9-10H,3-8H2,1-2H3;1H4. The maximum absolute atomic E-state index is 2.50. The normalized spacial score (nSPS) is 24.9. The second-order valence-corrected chi connectivity index (χ2v) is 13.8. The molecule has 0 aliphatic heterocycles. The lowest BCUT2D eigenvalue weighted by Gasteiger charge is -2.31. The Morgan fingerprint density at radius 2 is 1.46 bits per heavy atom. The fraction of sp³-hybridized carbons (Fsp3) is 1.00. The van der Waals surface area contributed by atoms with Crippen LogP contribution in [0, 0.1) is 46.8 Å². The fourth-order valence-electron chi connectivity index (χ4n) is 6.96. The van der Waals surface area contributed by atoms with E-state index in [2.05, 4.69) is 62.3 Å². The van der Waals surface area contributed by atoms with Gasteiger partial charge < -0.3 is 0 Å². The van der Waals surface area contributed by atoms with Crippen LogP contribution in [-0.2, 0) is 0 Å². The Hall–Kier alpha value is 0. The highest BCUT2D eigenvalue weighted by molar-refractivity contribution is 4.89. The summed E-state index contributed by atoms with van der Waals surface area (Å²) in [6, 6.07) is 0. The van der Waals surface area contributed by atoms with Crippen molar-refractivity contribution in [3.05, 3.63) is 0 Å². The monoisotopic (exact) mass is 493 g/mol. The number of hydrogen-bond donors (Lipinski definition) is 0. The molecular formula is C35H72. The van der Waals surface area contributed by atoms with E-state index in [1.165, 1.54) is 109 Å². The van der Waals surface area contributed by atoms with Crippen LogP contribution in [0.5, 0.6) is 0 Å². The van der Waals surface area contributed by atoms with Crippen molar-refractivity contribution in [1.29, 1.82) is 0 Å². The molecule has 0 saturated heterocycles. The number of unbranched alkanes of at least 4 members (excludes halogenated alkanes) is 1. The lowest BCUT2D eigenvalue weighted by Crippen LogP contribution is -2.20. The van der Waals surface area contributed by atoms with Gasteiger partial charge in [-0.05, 0) is 78.9 Å². The lowest BCUT2D eigenvalue weighted by molar-refractivity contribution is 0.201. The third-order valence-corrected chi connectivity index (χ3v) is 10.1. The van der Waals surface area contributed by atoms with Crippen molar-refractivity contribution in [3.63, 3.8) is 0 Å². The predicted octanol–water partition coefficient (Wildman–Crippen LogP) is 12.7. The molecule has 7 atom stereocenters. The van der Waals surface area contributed by atoms with Crippen LogP contribution < -0.4 is 0 Å². The third-order valence-electron chi connectivity index (χ3n) is 10.1. The molecule has 0 aromatic heterocycles. The van der Waals surface area contributed by atoms with Crippen molar-refractivity contribution >= 4 is 0 Å². The van der Waals surface area contributed by atoms with Crippen LogP contribution in [-0.4, -0.2) is 0 Å². The first-order chi connectivity index (χ1) is 16.2. The largest absolute Gasteiger partial charge is 0.0776 e. The van der Waals surface area contributed by atoms with Gasteiger partial charge in [-0.3, -0.25) is 0 Å². The highest BCUT2D eigenvalue weighted by Gasteiger charge is 2.37. The molecule has 2 aliphatic carbocycles. The molecule has 0 spiro atoms. The zero-order chi connectivity index (χ0) is 25.6. The first kappa shape index (κ1) is 35.0. The summed E-state index contributed by atoms with van der Waals surface area (Å²) in [5.41, 5.74) is 0.736. The van der Waals surface area contributed by atoms with Crippen LogP contribution in [0.4, 0.5) is 0 Å². The Morgan fingerprint density at radius 3 is 1.94 bits per heavy atom. The Morgan fingerprint density at radius 1 is 0.771 bits per heavy atom. The molecule has 2 fully saturated rings. The summed E-state index contributed by atoms with van der Waals surface area (Å²) in [6.07, 6.45) is 24.7. The van der Waals surface area contributed by atoms with Crippen molar-refractivity contribution in [2.75, 3.05) is 0 Å². The second-order valence-electron chi connectivity index (χ2n) is 13.8. The molecule has 0 nitrogen and oxygen atoms in total. The van der Waals surface area contributed by atoms with E-state index in [1.54, 1.807) is 0 Å². The van der Waals surface area contributed by atoms with Crippen LogP contribution in [0.2, 0.25) is 0 Å². The molecule has 2 aliphatic rings. The van der Waals surface area contributed by atoms with Gasteiger partial charge in [-0.15, -0.1) is 0 Å². The van der Waals surface area contributed by atoms with Gasteiger partial charge in [-0.25, -0.2) is 0 Å². The van der Waals surface area contributed by atoms with E-state index in [9.17, 15) is 0 Å². The van der Waals surface area contributed by atoms with Crippen molar-refractivity contribution in [2.45, 2.75) is 179 Å². The summed E-state index contributed by atoms with van der Waals surface area (Å²) < 4.78 is 0. The first-order valence-electron chi connectivity index (χ1n) is 16.2. The van der Waals surface area contributed by atoms with Gasteiger partial charge in [0.25, 0.3) is 0 Å². The van der Waals surface area contributed by atoms with Gasteiger partial charge >= 0.3 is 0 Å². The molecule has 35 heavy (non-hydrogen) atoms. The number of hydrogen-bond acceptors (Lipinski definition) is 0. The van der Waals surface area contributed by atoms with E-state index in [-0.39, 0.29) is 7.43 Å². The summed E-state index contributed by atoms with van der Waals surface area (Å²) in [5, 5.41) is 0. The van der Waals surface area contributed by atoms with Crippen LogP contribution >= 0.6 is 0 Å². The Kier molecular flexibility index (Phi) is 19.1. The van der Waals surface area contributed by atoms with Crippen LogP contribution in [0.1, 0.15) is 179 Å². The van der Waals surface area contributed by atoms with E-state index in [0.717, 1.165) is 46.8 Å². The zero-order valence-electron chi connectivity index (χ0n) is 25.6. The molecule has 0 aromatic rings. The van der Waals surface area contributed by atoms with Crippen molar-refractivity contribution in [1.82, 2.24) is 0 Å². The lowest BCUT2D eigenvalue weighted by atomic mass is 9.75. The van der Waals surface area contributed by atoms with E-state index < -0.39 is 0 Å². The van der Waals surface area contributed by atoms with Gasteiger partial charge in [0.05, 0.1) is 0 Å². The minimum absolute atomic E-state index is 0. The molecule has 0 N–H and O–H groups in total. The third kappa shape index (κ3) is 15.1. The molecule has 2 saturated carbocycles. The van der Waals surface area contributed by atoms with E-state index in [0.29, 0.717) is 0 Å². The highest BCUT2D eigenvalue weighted by atomic mass is 14.4. The van der Waals surface area contributed by atoms with Crippen molar-refractivity contribution < 1.29 is 0 Å². The topological polar surface area (TPSA) is 0 Å². The molecule has 2 rings (SSSR count). The minimum Gasteiger partial charge on any atom is -0.0776 e. The summed E-state index contributed by atoms with van der Waals surface area (Å²) in [6.45, 7) is 21.8. The van der Waals surface area contributed by atoms with Gasteiger partial charge in [0.2, 0.25) is 0 Å². The number of rotatable bonds is 17. The Bertz CT molecular complexity index is 474. The van der Waals surface area contributed by atoms with Gasteiger partial charge in [0.15, 0.2) is 0 Å². The van der Waals surface area contributed by atoms with E-state index >= 15 is 0 Å². The molecule has 0 heteroatoms.